The highest BCUT2D eigenvalue weighted by Crippen LogP contribution is 2.24. The minimum absolute atomic E-state index is 0.158. The van der Waals surface area contributed by atoms with Gasteiger partial charge in [-0.1, -0.05) is 68.4 Å². The van der Waals surface area contributed by atoms with Gasteiger partial charge in [-0.15, -0.1) is 0 Å². The lowest BCUT2D eigenvalue weighted by atomic mass is 9.99. The Balaban J connectivity index is 1.42. The molecule has 4 aromatic rings. The number of hydrogen-bond acceptors (Lipinski definition) is 5. The molecule has 2 amide bonds. The number of imidazole rings is 1. The van der Waals surface area contributed by atoms with Gasteiger partial charge in [-0.25, -0.2) is 4.98 Å². The van der Waals surface area contributed by atoms with Crippen molar-refractivity contribution in [2.24, 2.45) is 7.05 Å². The van der Waals surface area contributed by atoms with Gasteiger partial charge in [0.15, 0.2) is 0 Å². The molecule has 0 bridgehead atoms. The number of aryl methyl sites for hydroxylation is 1. The number of fused-ring (bicyclic) bond motifs is 1. The Morgan fingerprint density at radius 3 is 2.29 bits per heavy atom. The maximum absolute atomic E-state index is 13.7. The minimum Gasteiger partial charge on any atom is -0.348 e. The van der Waals surface area contributed by atoms with Gasteiger partial charge in [-0.2, -0.15) is 0 Å². The summed E-state index contributed by atoms with van der Waals surface area (Å²) in [5.41, 5.74) is 2.71. The van der Waals surface area contributed by atoms with E-state index in [0.717, 1.165) is 79.7 Å². The Kier molecular flexibility index (Phi) is 12.7. The van der Waals surface area contributed by atoms with Gasteiger partial charge >= 0.3 is 0 Å². The predicted molar refractivity (Wildman–Crippen MR) is 183 cm³/mol. The third-order valence-electron chi connectivity index (χ3n) is 8.32. The molecule has 1 heterocycles. The number of benzene rings is 3. The molecule has 0 radical (unpaired) electrons. The van der Waals surface area contributed by atoms with Crippen molar-refractivity contribution in [2.45, 2.75) is 71.6 Å². The zero-order chi connectivity index (χ0) is 32.2. The third kappa shape index (κ3) is 9.74. The van der Waals surface area contributed by atoms with Gasteiger partial charge in [-0.3, -0.25) is 14.5 Å². The molecule has 0 aliphatic heterocycles. The Morgan fingerprint density at radius 1 is 0.889 bits per heavy atom. The second-order valence-corrected chi connectivity index (χ2v) is 12.1. The topological polar surface area (TPSA) is 82.5 Å². The predicted octanol–water partition coefficient (Wildman–Crippen LogP) is 6.08. The smallest absolute Gasteiger partial charge is 0.251 e. The van der Waals surface area contributed by atoms with Gasteiger partial charge in [0.05, 0.1) is 12.6 Å². The Morgan fingerprint density at radius 2 is 1.60 bits per heavy atom. The first-order valence-corrected chi connectivity index (χ1v) is 16.3. The summed E-state index contributed by atoms with van der Waals surface area (Å²) in [4.78, 5) is 36.2. The van der Waals surface area contributed by atoms with Crippen molar-refractivity contribution >= 4 is 22.6 Å². The molecule has 1 aromatic heterocycles. The molecule has 0 saturated heterocycles. The van der Waals surface area contributed by atoms with Gasteiger partial charge in [0.2, 0.25) is 5.91 Å². The van der Waals surface area contributed by atoms with Crippen LogP contribution in [-0.4, -0.2) is 63.9 Å². The summed E-state index contributed by atoms with van der Waals surface area (Å²) >= 11 is 0. The van der Waals surface area contributed by atoms with Crippen molar-refractivity contribution < 1.29 is 9.59 Å². The summed E-state index contributed by atoms with van der Waals surface area (Å²) in [7, 11) is 4.05. The van der Waals surface area contributed by atoms with Crippen molar-refractivity contribution in [3.05, 3.63) is 102 Å². The third-order valence-corrected chi connectivity index (χ3v) is 8.32. The molecule has 0 spiro atoms. The molecule has 2 atom stereocenters. The molecular formula is C37H50N6O2. The molecule has 45 heavy (non-hydrogen) atoms. The van der Waals surface area contributed by atoms with Crippen molar-refractivity contribution in [1.82, 2.24) is 30.0 Å². The van der Waals surface area contributed by atoms with Gasteiger partial charge in [0.1, 0.15) is 11.9 Å². The zero-order valence-electron chi connectivity index (χ0n) is 27.6. The second-order valence-electron chi connectivity index (χ2n) is 12.1. The number of nitrogens with one attached hydrogen (secondary N) is 2. The summed E-state index contributed by atoms with van der Waals surface area (Å²) in [6.07, 6.45) is 7.33. The SMILES string of the molecule is CCCN(CCC)CCC[C@H](NC(=O)c1ccc(CN(C)Cc2nccn2C)cc1)C(=O)N[C@@H](C)c1cccc2ccccc12. The quantitative estimate of drug-likeness (QED) is 0.151. The summed E-state index contributed by atoms with van der Waals surface area (Å²) < 4.78 is 2.02. The average Bonchev–Trinajstić information content (AvgIpc) is 3.44. The highest BCUT2D eigenvalue weighted by atomic mass is 16.2. The van der Waals surface area contributed by atoms with Crippen molar-refractivity contribution in [3.63, 3.8) is 0 Å². The van der Waals surface area contributed by atoms with Crippen LogP contribution in [0.4, 0.5) is 0 Å². The number of hydrogen-bond donors (Lipinski definition) is 2. The zero-order valence-corrected chi connectivity index (χ0v) is 27.6. The lowest BCUT2D eigenvalue weighted by Crippen LogP contribution is -2.47. The summed E-state index contributed by atoms with van der Waals surface area (Å²) in [6.45, 7) is 10.8. The Bertz CT molecular complexity index is 1500. The number of carbonyl (C=O) groups is 2. The van der Waals surface area contributed by atoms with Crippen LogP contribution in [0.3, 0.4) is 0 Å². The van der Waals surface area contributed by atoms with E-state index in [4.69, 9.17) is 0 Å². The number of carbonyl (C=O) groups excluding carboxylic acids is 2. The Labute approximate surface area is 268 Å². The molecule has 0 aliphatic carbocycles. The van der Waals surface area contributed by atoms with E-state index in [0.29, 0.717) is 12.0 Å². The normalized spacial score (nSPS) is 12.9. The summed E-state index contributed by atoms with van der Waals surface area (Å²) in [6, 6.07) is 21.2. The number of nitrogens with zero attached hydrogens (tertiary/aromatic N) is 4. The van der Waals surface area contributed by atoms with Crippen LogP contribution in [-0.2, 0) is 24.9 Å². The molecule has 3 aromatic carbocycles. The van der Waals surface area contributed by atoms with Crippen LogP contribution in [0.25, 0.3) is 10.8 Å². The van der Waals surface area contributed by atoms with E-state index in [9.17, 15) is 9.59 Å². The maximum Gasteiger partial charge on any atom is 0.251 e. The molecule has 0 aliphatic rings. The van der Waals surface area contributed by atoms with Crippen LogP contribution >= 0.6 is 0 Å². The molecule has 4 rings (SSSR count). The maximum atomic E-state index is 13.7. The van der Waals surface area contributed by atoms with E-state index in [1.807, 2.05) is 67.2 Å². The molecule has 0 unspecified atom stereocenters. The van der Waals surface area contributed by atoms with Crippen LogP contribution in [0.15, 0.2) is 79.1 Å². The molecule has 0 fully saturated rings. The second kappa shape index (κ2) is 16.9. The highest BCUT2D eigenvalue weighted by Gasteiger charge is 2.24. The molecular weight excluding hydrogens is 560 g/mol. The standard InChI is InChI=1S/C37H50N6O2/c1-6-22-43(23-7-2)24-11-16-34(37(45)39-28(3)32-15-10-13-30-12-8-9-14-33(30)32)40-36(44)31-19-17-29(18-20-31)26-41(4)27-35-38-21-25-42(35)5/h8-10,12-15,17-21,25,28,34H,6-7,11,16,22-24,26-27H2,1-5H3,(H,39,45)(H,40,44)/t28-,34-/m0/s1. The van der Waals surface area contributed by atoms with Crippen LogP contribution in [0, 0.1) is 0 Å². The monoisotopic (exact) mass is 610 g/mol. The van der Waals surface area contributed by atoms with E-state index in [-0.39, 0.29) is 17.9 Å². The number of amides is 2. The first kappa shape index (κ1) is 33.9. The number of rotatable bonds is 17. The van der Waals surface area contributed by atoms with E-state index in [1.54, 1.807) is 6.20 Å². The van der Waals surface area contributed by atoms with Crippen LogP contribution in [0.5, 0.6) is 0 Å². The van der Waals surface area contributed by atoms with Crippen molar-refractivity contribution in [1.29, 1.82) is 0 Å². The largest absolute Gasteiger partial charge is 0.348 e. The van der Waals surface area contributed by atoms with E-state index in [1.165, 1.54) is 0 Å². The fraction of sp³-hybridized carbons (Fsp3) is 0.432. The first-order chi connectivity index (χ1) is 21.8. The van der Waals surface area contributed by atoms with Crippen LogP contribution in [0.2, 0.25) is 0 Å². The fourth-order valence-corrected chi connectivity index (χ4v) is 5.94. The summed E-state index contributed by atoms with van der Waals surface area (Å²) in [5.74, 6) is 0.605. The van der Waals surface area contributed by atoms with E-state index in [2.05, 4.69) is 70.6 Å². The molecule has 240 valence electrons. The lowest BCUT2D eigenvalue weighted by molar-refractivity contribution is -0.123. The van der Waals surface area contributed by atoms with Crippen molar-refractivity contribution in [3.8, 4) is 0 Å². The van der Waals surface area contributed by atoms with E-state index < -0.39 is 6.04 Å². The minimum atomic E-state index is -0.636. The van der Waals surface area contributed by atoms with Crippen molar-refractivity contribution in [2.75, 3.05) is 26.7 Å². The van der Waals surface area contributed by atoms with Gasteiger partial charge in [0, 0.05) is 31.5 Å². The fourth-order valence-electron chi connectivity index (χ4n) is 5.94. The van der Waals surface area contributed by atoms with E-state index >= 15 is 0 Å². The molecule has 8 nitrogen and oxygen atoms in total. The Hall–Kier alpha value is -4.01. The van der Waals surface area contributed by atoms with Crippen LogP contribution in [0.1, 0.15) is 79.8 Å². The summed E-state index contributed by atoms with van der Waals surface area (Å²) in [5, 5.41) is 8.53. The first-order valence-electron chi connectivity index (χ1n) is 16.3. The molecule has 2 N–H and O–H groups in total. The highest BCUT2D eigenvalue weighted by molar-refractivity contribution is 5.97. The van der Waals surface area contributed by atoms with Gasteiger partial charge in [-0.05, 0) is 93.3 Å². The number of aromatic nitrogens is 2. The molecule has 8 heteroatoms. The van der Waals surface area contributed by atoms with Crippen LogP contribution < -0.4 is 10.6 Å². The lowest BCUT2D eigenvalue weighted by Gasteiger charge is -2.25. The average molecular weight is 611 g/mol. The van der Waals surface area contributed by atoms with Gasteiger partial charge in [0.25, 0.3) is 5.91 Å². The van der Waals surface area contributed by atoms with Gasteiger partial charge < -0.3 is 20.1 Å². The molecule has 0 saturated carbocycles.